The molecule has 26 heavy (non-hydrogen) atoms. The smallest absolute Gasteiger partial charge is 0.260 e. The van der Waals surface area contributed by atoms with Crippen LogP contribution in [-0.2, 0) is 6.54 Å². The molecule has 0 atom stereocenters. The van der Waals surface area contributed by atoms with Gasteiger partial charge in [-0.15, -0.1) is 11.3 Å². The molecule has 0 fully saturated rings. The van der Waals surface area contributed by atoms with Gasteiger partial charge >= 0.3 is 0 Å². The lowest BCUT2D eigenvalue weighted by Crippen LogP contribution is -2.30. The Morgan fingerprint density at radius 2 is 2.00 bits per heavy atom. The Morgan fingerprint density at radius 3 is 2.77 bits per heavy atom. The number of anilines is 1. The first-order valence-corrected chi connectivity index (χ1v) is 9.72. The number of carbonyl (C=O) groups excluding carboxylic acids is 1. The van der Waals surface area contributed by atoms with Crippen LogP contribution in [0.15, 0.2) is 58.6 Å². The Kier molecular flexibility index (Phi) is 4.90. The van der Waals surface area contributed by atoms with Crippen molar-refractivity contribution in [3.8, 4) is 11.5 Å². The highest BCUT2D eigenvalue weighted by atomic mass is 79.9. The van der Waals surface area contributed by atoms with E-state index in [2.05, 4.69) is 20.9 Å². The molecule has 0 bridgehead atoms. The Morgan fingerprint density at radius 1 is 1.15 bits per heavy atom. The fourth-order valence-corrected chi connectivity index (χ4v) is 3.78. The molecule has 0 aliphatic carbocycles. The Balaban J connectivity index is 1.72. The quantitative estimate of drug-likeness (QED) is 0.610. The van der Waals surface area contributed by atoms with Crippen molar-refractivity contribution < 1.29 is 14.3 Å². The molecular weight excluding hydrogens is 416 g/mol. The van der Waals surface area contributed by atoms with Gasteiger partial charge in [0.25, 0.3) is 5.91 Å². The van der Waals surface area contributed by atoms with Crippen LogP contribution < -0.4 is 14.4 Å². The van der Waals surface area contributed by atoms with Crippen molar-refractivity contribution in [2.24, 2.45) is 0 Å². The minimum atomic E-state index is -0.121. The van der Waals surface area contributed by atoms with Crippen LogP contribution in [0.25, 0.3) is 0 Å². The third kappa shape index (κ3) is 3.59. The normalized spacial score (nSPS) is 12.7. The number of benzene rings is 1. The third-order valence-corrected chi connectivity index (χ3v) is 5.22. The maximum atomic E-state index is 13.2. The zero-order valence-electron chi connectivity index (χ0n) is 13.7. The van der Waals surface area contributed by atoms with Crippen molar-refractivity contribution in [2.45, 2.75) is 6.54 Å². The van der Waals surface area contributed by atoms with E-state index in [4.69, 9.17) is 9.47 Å². The van der Waals surface area contributed by atoms with Gasteiger partial charge in [0.2, 0.25) is 0 Å². The summed E-state index contributed by atoms with van der Waals surface area (Å²) in [5.41, 5.74) is 1.28. The van der Waals surface area contributed by atoms with Crippen LogP contribution in [0.5, 0.6) is 11.5 Å². The largest absolute Gasteiger partial charge is 0.486 e. The van der Waals surface area contributed by atoms with E-state index in [0.29, 0.717) is 36.8 Å². The number of rotatable bonds is 4. The van der Waals surface area contributed by atoms with Gasteiger partial charge < -0.3 is 14.4 Å². The molecule has 0 unspecified atom stereocenters. The van der Waals surface area contributed by atoms with E-state index >= 15 is 0 Å². The Hall–Kier alpha value is -2.38. The number of ether oxygens (including phenoxy) is 2. The molecule has 0 radical (unpaired) electrons. The van der Waals surface area contributed by atoms with Gasteiger partial charge in [0.15, 0.2) is 11.5 Å². The average Bonchev–Trinajstić information content (AvgIpc) is 3.18. The zero-order chi connectivity index (χ0) is 17.9. The summed E-state index contributed by atoms with van der Waals surface area (Å²) in [6, 6.07) is 11.3. The summed E-state index contributed by atoms with van der Waals surface area (Å²) >= 11 is 4.99. The molecule has 1 aromatic carbocycles. The van der Waals surface area contributed by atoms with E-state index in [1.807, 2.05) is 35.7 Å². The van der Waals surface area contributed by atoms with Gasteiger partial charge in [-0.2, -0.15) is 0 Å². The molecule has 0 saturated carbocycles. The van der Waals surface area contributed by atoms with Crippen molar-refractivity contribution in [2.75, 3.05) is 18.1 Å². The predicted octanol–water partition coefficient (Wildman–Crippen LogP) is 4.52. The number of halogens is 1. The Bertz CT molecular complexity index is 930. The van der Waals surface area contributed by atoms with Crippen molar-refractivity contribution >= 4 is 38.9 Å². The number of hydrogen-bond acceptors (Lipinski definition) is 5. The average molecular weight is 431 g/mol. The molecule has 1 amide bonds. The number of amides is 1. The summed E-state index contributed by atoms with van der Waals surface area (Å²) in [5.74, 6) is 1.24. The molecule has 132 valence electrons. The molecule has 0 spiro atoms. The molecule has 1 aliphatic rings. The highest BCUT2D eigenvalue weighted by Crippen LogP contribution is 2.35. The molecule has 0 saturated heterocycles. The van der Waals surface area contributed by atoms with Crippen molar-refractivity contribution in [1.29, 1.82) is 0 Å². The van der Waals surface area contributed by atoms with Gasteiger partial charge in [0, 0.05) is 33.5 Å². The van der Waals surface area contributed by atoms with E-state index in [1.165, 1.54) is 0 Å². The monoisotopic (exact) mass is 430 g/mol. The van der Waals surface area contributed by atoms with E-state index in [1.54, 1.807) is 34.7 Å². The van der Waals surface area contributed by atoms with E-state index < -0.39 is 0 Å². The van der Waals surface area contributed by atoms with E-state index in [0.717, 1.165) is 15.0 Å². The standard InChI is InChI=1S/C19H15BrN2O3S/c20-14-8-13(10-21-11-14)19(23)22(12-16-2-1-7-26-16)15-3-4-17-18(9-15)25-6-5-24-17/h1-4,7-11H,5-6,12H2. The van der Waals surface area contributed by atoms with E-state index in [9.17, 15) is 4.79 Å². The van der Waals surface area contributed by atoms with Crippen molar-refractivity contribution in [3.05, 3.63) is 69.1 Å². The summed E-state index contributed by atoms with van der Waals surface area (Å²) in [7, 11) is 0. The maximum Gasteiger partial charge on any atom is 0.260 e. The lowest BCUT2D eigenvalue weighted by atomic mass is 10.2. The number of thiophene rings is 1. The maximum absolute atomic E-state index is 13.2. The molecule has 1 aliphatic heterocycles. The lowest BCUT2D eigenvalue weighted by Gasteiger charge is -2.25. The van der Waals surface area contributed by atoms with Crippen molar-refractivity contribution in [1.82, 2.24) is 4.98 Å². The first-order valence-electron chi connectivity index (χ1n) is 8.05. The fraction of sp³-hybridized carbons (Fsp3) is 0.158. The number of carbonyl (C=O) groups is 1. The van der Waals surface area contributed by atoms with Gasteiger partial charge in [-0.1, -0.05) is 6.07 Å². The molecule has 2 aromatic heterocycles. The van der Waals surface area contributed by atoms with Crippen LogP contribution in [0.4, 0.5) is 5.69 Å². The van der Waals surface area contributed by atoms with Crippen LogP contribution in [0.1, 0.15) is 15.2 Å². The van der Waals surface area contributed by atoms with Gasteiger partial charge in [0.05, 0.1) is 12.1 Å². The number of fused-ring (bicyclic) bond motifs is 1. The lowest BCUT2D eigenvalue weighted by molar-refractivity contribution is 0.0984. The number of nitrogens with zero attached hydrogens (tertiary/aromatic N) is 2. The van der Waals surface area contributed by atoms with Gasteiger partial charge in [0.1, 0.15) is 13.2 Å². The molecule has 3 heterocycles. The topological polar surface area (TPSA) is 51.7 Å². The minimum Gasteiger partial charge on any atom is -0.486 e. The summed E-state index contributed by atoms with van der Waals surface area (Å²) < 4.78 is 12.0. The summed E-state index contributed by atoms with van der Waals surface area (Å²) in [5, 5.41) is 2.00. The third-order valence-electron chi connectivity index (χ3n) is 3.93. The van der Waals surface area contributed by atoms with Crippen LogP contribution >= 0.6 is 27.3 Å². The molecule has 7 heteroatoms. The fourth-order valence-electron chi connectivity index (χ4n) is 2.72. The van der Waals surface area contributed by atoms with Crippen LogP contribution in [0.2, 0.25) is 0 Å². The zero-order valence-corrected chi connectivity index (χ0v) is 16.1. The molecular formula is C19H15BrN2O3S. The van der Waals surface area contributed by atoms with Gasteiger partial charge in [-0.3, -0.25) is 9.78 Å². The second-order valence-corrected chi connectivity index (χ2v) is 7.64. The summed E-state index contributed by atoms with van der Waals surface area (Å²) in [6.45, 7) is 1.52. The predicted molar refractivity (Wildman–Crippen MR) is 104 cm³/mol. The Labute approximate surface area is 163 Å². The van der Waals surface area contributed by atoms with Gasteiger partial charge in [-0.05, 0) is 45.6 Å². The minimum absolute atomic E-state index is 0.121. The van der Waals surface area contributed by atoms with E-state index in [-0.39, 0.29) is 5.91 Å². The summed E-state index contributed by atoms with van der Waals surface area (Å²) in [4.78, 5) is 20.1. The SMILES string of the molecule is O=C(c1cncc(Br)c1)N(Cc1cccs1)c1ccc2c(c1)OCCO2. The second kappa shape index (κ2) is 7.47. The van der Waals surface area contributed by atoms with Gasteiger partial charge in [-0.25, -0.2) is 0 Å². The first kappa shape index (κ1) is 17.1. The first-order chi connectivity index (χ1) is 12.7. The molecule has 5 nitrogen and oxygen atoms in total. The van der Waals surface area contributed by atoms with Crippen LogP contribution in [0.3, 0.4) is 0 Å². The summed E-state index contributed by atoms with van der Waals surface area (Å²) in [6.07, 6.45) is 3.23. The number of hydrogen-bond donors (Lipinski definition) is 0. The second-order valence-electron chi connectivity index (χ2n) is 5.69. The van der Waals surface area contributed by atoms with Crippen molar-refractivity contribution in [3.63, 3.8) is 0 Å². The highest BCUT2D eigenvalue weighted by molar-refractivity contribution is 9.10. The highest BCUT2D eigenvalue weighted by Gasteiger charge is 2.22. The molecule has 3 aromatic rings. The van der Waals surface area contributed by atoms with Crippen LogP contribution in [-0.4, -0.2) is 24.1 Å². The van der Waals surface area contributed by atoms with Crippen LogP contribution in [0, 0.1) is 0 Å². The molecule has 0 N–H and O–H groups in total. The molecule has 4 rings (SSSR count). The number of aromatic nitrogens is 1. The number of pyridine rings is 1.